The second-order valence-electron chi connectivity index (χ2n) is 5.84. The molecular formula is C16H23N. The van der Waals surface area contributed by atoms with Crippen LogP contribution in [0.3, 0.4) is 0 Å². The van der Waals surface area contributed by atoms with Crippen LogP contribution in [0.5, 0.6) is 0 Å². The summed E-state index contributed by atoms with van der Waals surface area (Å²) in [7, 11) is 0. The zero-order chi connectivity index (χ0) is 11.7. The predicted octanol–water partition coefficient (Wildman–Crippen LogP) is 3.81. The summed E-state index contributed by atoms with van der Waals surface area (Å²) in [6.07, 6.45) is 6.93. The monoisotopic (exact) mass is 229 g/mol. The van der Waals surface area contributed by atoms with E-state index in [1.165, 1.54) is 38.6 Å². The molecular weight excluding hydrogens is 206 g/mol. The quantitative estimate of drug-likeness (QED) is 0.813. The first-order valence-electron chi connectivity index (χ1n) is 7.17. The number of nitrogens with one attached hydrogen (secondary N) is 1. The van der Waals surface area contributed by atoms with Crippen molar-refractivity contribution in [2.45, 2.75) is 56.9 Å². The Bertz CT molecular complexity index is 373. The first-order chi connectivity index (χ1) is 8.34. The maximum absolute atomic E-state index is 3.63. The lowest BCUT2D eigenvalue weighted by atomic mass is 9.75. The number of benzene rings is 1. The highest BCUT2D eigenvalue weighted by Gasteiger charge is 2.26. The fourth-order valence-electron chi connectivity index (χ4n) is 3.24. The molecule has 1 saturated carbocycles. The van der Waals surface area contributed by atoms with Crippen molar-refractivity contribution in [2.24, 2.45) is 0 Å². The van der Waals surface area contributed by atoms with Crippen LogP contribution in [0.2, 0.25) is 0 Å². The Morgan fingerprint density at radius 1 is 0.941 bits per heavy atom. The number of hydrogen-bond acceptors (Lipinski definition) is 1. The van der Waals surface area contributed by atoms with E-state index in [9.17, 15) is 0 Å². The molecule has 2 unspecified atom stereocenters. The molecule has 0 spiro atoms. The molecule has 0 aromatic heterocycles. The van der Waals surface area contributed by atoms with Gasteiger partial charge in [-0.15, -0.1) is 0 Å². The molecule has 2 aliphatic rings. The maximum Gasteiger partial charge on any atom is 0.00391 e. The smallest absolute Gasteiger partial charge is 0.00391 e. The minimum absolute atomic E-state index is 0.710. The van der Waals surface area contributed by atoms with E-state index in [2.05, 4.69) is 36.5 Å². The molecule has 1 heteroatoms. The van der Waals surface area contributed by atoms with Crippen LogP contribution >= 0.6 is 0 Å². The summed E-state index contributed by atoms with van der Waals surface area (Å²) < 4.78 is 0. The normalized spacial score (nSPS) is 29.9. The molecule has 1 aromatic carbocycles. The fraction of sp³-hybridized carbons (Fsp3) is 0.625. The van der Waals surface area contributed by atoms with Crippen molar-refractivity contribution >= 4 is 0 Å². The molecule has 92 valence electrons. The lowest BCUT2D eigenvalue weighted by molar-refractivity contribution is 0.373. The predicted molar refractivity (Wildman–Crippen MR) is 72.5 cm³/mol. The standard InChI is InChI=1S/C16H23N/c1-12-9-10-14(11-17-12)16-8-3-2-7-15(16)13-5-4-6-13/h2-3,7-8,12-14,17H,4-6,9-11H2,1H3. The van der Waals surface area contributed by atoms with Crippen molar-refractivity contribution < 1.29 is 0 Å². The van der Waals surface area contributed by atoms with Gasteiger partial charge in [-0.3, -0.25) is 0 Å². The van der Waals surface area contributed by atoms with Crippen LogP contribution < -0.4 is 5.32 Å². The molecule has 3 rings (SSSR count). The summed E-state index contributed by atoms with van der Waals surface area (Å²) in [5, 5.41) is 3.63. The molecule has 1 aromatic rings. The summed E-state index contributed by atoms with van der Waals surface area (Å²) in [6.45, 7) is 3.47. The van der Waals surface area contributed by atoms with Gasteiger partial charge >= 0.3 is 0 Å². The Balaban J connectivity index is 1.81. The maximum atomic E-state index is 3.63. The van der Waals surface area contributed by atoms with Gasteiger partial charge in [-0.1, -0.05) is 30.7 Å². The van der Waals surface area contributed by atoms with Crippen molar-refractivity contribution in [3.8, 4) is 0 Å². The molecule has 0 amide bonds. The number of hydrogen-bond donors (Lipinski definition) is 1. The first-order valence-corrected chi connectivity index (χ1v) is 7.17. The summed E-state index contributed by atoms with van der Waals surface area (Å²) in [4.78, 5) is 0. The molecule has 1 aliphatic carbocycles. The Labute approximate surface area is 105 Å². The van der Waals surface area contributed by atoms with Gasteiger partial charge in [0.15, 0.2) is 0 Å². The van der Waals surface area contributed by atoms with E-state index in [1.807, 2.05) is 0 Å². The lowest BCUT2D eigenvalue weighted by Crippen LogP contribution is -2.36. The average Bonchev–Trinajstić information content (AvgIpc) is 2.29. The summed E-state index contributed by atoms with van der Waals surface area (Å²) in [6, 6.07) is 9.89. The average molecular weight is 229 g/mol. The summed E-state index contributed by atoms with van der Waals surface area (Å²) in [5.74, 6) is 1.62. The summed E-state index contributed by atoms with van der Waals surface area (Å²) in [5.41, 5.74) is 3.29. The van der Waals surface area contributed by atoms with Crippen LogP contribution in [-0.4, -0.2) is 12.6 Å². The second-order valence-corrected chi connectivity index (χ2v) is 5.84. The van der Waals surface area contributed by atoms with E-state index in [1.54, 1.807) is 11.1 Å². The van der Waals surface area contributed by atoms with Gasteiger partial charge in [0.2, 0.25) is 0 Å². The minimum Gasteiger partial charge on any atom is -0.314 e. The lowest BCUT2D eigenvalue weighted by Gasteiger charge is -2.33. The van der Waals surface area contributed by atoms with Gasteiger partial charge in [-0.2, -0.15) is 0 Å². The van der Waals surface area contributed by atoms with Gasteiger partial charge in [0.25, 0.3) is 0 Å². The molecule has 1 N–H and O–H groups in total. The third-order valence-corrected chi connectivity index (χ3v) is 4.64. The van der Waals surface area contributed by atoms with Crippen LogP contribution in [0.4, 0.5) is 0 Å². The molecule has 1 aliphatic heterocycles. The third kappa shape index (κ3) is 2.26. The van der Waals surface area contributed by atoms with Gasteiger partial charge in [0.1, 0.15) is 0 Å². The topological polar surface area (TPSA) is 12.0 Å². The van der Waals surface area contributed by atoms with Crippen LogP contribution in [0, 0.1) is 0 Å². The summed E-state index contributed by atoms with van der Waals surface area (Å²) >= 11 is 0. The van der Waals surface area contributed by atoms with Crippen LogP contribution in [-0.2, 0) is 0 Å². The van der Waals surface area contributed by atoms with E-state index in [0.717, 1.165) is 11.8 Å². The molecule has 1 heterocycles. The second kappa shape index (κ2) is 4.81. The molecule has 2 atom stereocenters. The van der Waals surface area contributed by atoms with E-state index in [0.29, 0.717) is 6.04 Å². The third-order valence-electron chi connectivity index (χ3n) is 4.64. The van der Waals surface area contributed by atoms with Gasteiger partial charge < -0.3 is 5.32 Å². The number of piperidine rings is 1. The van der Waals surface area contributed by atoms with E-state index in [-0.39, 0.29) is 0 Å². The fourth-order valence-corrected chi connectivity index (χ4v) is 3.24. The Morgan fingerprint density at radius 3 is 2.18 bits per heavy atom. The highest BCUT2D eigenvalue weighted by atomic mass is 14.9. The van der Waals surface area contributed by atoms with Crippen LogP contribution in [0.15, 0.2) is 24.3 Å². The minimum atomic E-state index is 0.710. The van der Waals surface area contributed by atoms with Crippen molar-refractivity contribution in [1.29, 1.82) is 0 Å². The molecule has 17 heavy (non-hydrogen) atoms. The van der Waals surface area contributed by atoms with Gasteiger partial charge in [-0.05, 0) is 55.6 Å². The van der Waals surface area contributed by atoms with Crippen molar-refractivity contribution in [3.05, 3.63) is 35.4 Å². The Hall–Kier alpha value is -0.820. The van der Waals surface area contributed by atoms with Crippen LogP contribution in [0.25, 0.3) is 0 Å². The van der Waals surface area contributed by atoms with E-state index in [4.69, 9.17) is 0 Å². The Morgan fingerprint density at radius 2 is 1.65 bits per heavy atom. The highest BCUT2D eigenvalue weighted by Crippen LogP contribution is 2.41. The molecule has 1 saturated heterocycles. The van der Waals surface area contributed by atoms with Crippen molar-refractivity contribution in [3.63, 3.8) is 0 Å². The van der Waals surface area contributed by atoms with Gasteiger partial charge in [-0.25, -0.2) is 0 Å². The van der Waals surface area contributed by atoms with Crippen molar-refractivity contribution in [2.75, 3.05) is 6.54 Å². The largest absolute Gasteiger partial charge is 0.314 e. The first kappa shape index (κ1) is 11.3. The zero-order valence-corrected chi connectivity index (χ0v) is 10.8. The highest BCUT2D eigenvalue weighted by molar-refractivity contribution is 5.35. The SMILES string of the molecule is CC1CCC(c2ccccc2C2CCC2)CN1. The number of rotatable bonds is 2. The Kier molecular flexibility index (Phi) is 3.19. The van der Waals surface area contributed by atoms with E-state index >= 15 is 0 Å². The zero-order valence-electron chi connectivity index (χ0n) is 10.8. The van der Waals surface area contributed by atoms with Crippen LogP contribution in [0.1, 0.15) is 62.0 Å². The van der Waals surface area contributed by atoms with Gasteiger partial charge in [0.05, 0.1) is 0 Å². The molecule has 0 bridgehead atoms. The van der Waals surface area contributed by atoms with Crippen molar-refractivity contribution in [1.82, 2.24) is 5.32 Å². The molecule has 1 nitrogen and oxygen atoms in total. The molecule has 0 radical (unpaired) electrons. The van der Waals surface area contributed by atoms with Gasteiger partial charge in [0, 0.05) is 12.6 Å². The molecule has 2 fully saturated rings. The van der Waals surface area contributed by atoms with E-state index < -0.39 is 0 Å².